The molecule has 2 aromatic heterocycles. The van der Waals surface area contributed by atoms with Crippen LogP contribution in [0.25, 0.3) is 10.2 Å². The van der Waals surface area contributed by atoms with Gasteiger partial charge in [0.2, 0.25) is 15.3 Å². The zero-order chi connectivity index (χ0) is 16.8. The van der Waals surface area contributed by atoms with Crippen molar-refractivity contribution < 1.29 is 13.2 Å². The summed E-state index contributed by atoms with van der Waals surface area (Å²) in [6.45, 7) is 3.38. The summed E-state index contributed by atoms with van der Waals surface area (Å²) in [6.07, 6.45) is 0.901. The Morgan fingerprint density at radius 3 is 2.87 bits per heavy atom. The smallest absolute Gasteiger partial charge is 0.232 e. The number of halogens is 1. The molecule has 1 fully saturated rings. The average Bonchev–Trinajstić information content (AvgIpc) is 2.88. The molecule has 2 aromatic rings. The third-order valence-electron chi connectivity index (χ3n) is 3.82. The van der Waals surface area contributed by atoms with Gasteiger partial charge in [-0.25, -0.2) is 18.4 Å². The summed E-state index contributed by atoms with van der Waals surface area (Å²) in [5, 5.41) is 5.17. The first-order valence-corrected chi connectivity index (χ1v) is 10.1. The van der Waals surface area contributed by atoms with Crippen LogP contribution in [0.3, 0.4) is 0 Å². The van der Waals surface area contributed by atoms with Crippen molar-refractivity contribution in [2.45, 2.75) is 19.1 Å². The van der Waals surface area contributed by atoms with Crippen LogP contribution in [-0.2, 0) is 14.8 Å². The Morgan fingerprint density at radius 2 is 2.22 bits per heavy atom. The average molecular weight is 377 g/mol. The van der Waals surface area contributed by atoms with E-state index in [1.807, 2.05) is 6.92 Å². The molecule has 0 bridgehead atoms. The summed E-state index contributed by atoms with van der Waals surface area (Å²) in [5.41, 5.74) is 1.71. The molecule has 0 spiro atoms. The topological polar surface area (TPSA) is 84.4 Å². The quantitative estimate of drug-likeness (QED) is 0.822. The number of thiophene rings is 1. The molecule has 23 heavy (non-hydrogen) atoms. The third-order valence-corrected chi connectivity index (χ3v) is 6.16. The van der Waals surface area contributed by atoms with Crippen molar-refractivity contribution in [1.82, 2.24) is 15.3 Å². The number of rotatable bonds is 3. The number of sulfonamides is 1. The van der Waals surface area contributed by atoms with E-state index in [1.54, 1.807) is 5.38 Å². The lowest BCUT2D eigenvalue weighted by Crippen LogP contribution is -2.41. The van der Waals surface area contributed by atoms with Gasteiger partial charge in [0, 0.05) is 25.0 Å². The lowest BCUT2D eigenvalue weighted by Gasteiger charge is -2.30. The first-order chi connectivity index (χ1) is 10.8. The maximum absolute atomic E-state index is 11.8. The maximum atomic E-state index is 11.8. The molecular weight excluding hydrogens is 360 g/mol. The lowest BCUT2D eigenvalue weighted by molar-refractivity contribution is -0.00178. The number of ether oxygens (including phenoxy) is 1. The van der Waals surface area contributed by atoms with Gasteiger partial charge in [0.1, 0.15) is 11.6 Å². The van der Waals surface area contributed by atoms with Crippen LogP contribution in [0.4, 0.5) is 5.69 Å². The summed E-state index contributed by atoms with van der Waals surface area (Å²) >= 11 is 7.47. The van der Waals surface area contributed by atoms with Crippen molar-refractivity contribution in [3.8, 4) is 0 Å². The van der Waals surface area contributed by atoms with Gasteiger partial charge in [-0.05, 0) is 18.5 Å². The Bertz CT molecular complexity index is 839. The highest BCUT2D eigenvalue weighted by molar-refractivity contribution is 7.92. The van der Waals surface area contributed by atoms with Crippen molar-refractivity contribution in [3.63, 3.8) is 0 Å². The second kappa shape index (κ2) is 6.14. The van der Waals surface area contributed by atoms with E-state index < -0.39 is 10.0 Å². The van der Waals surface area contributed by atoms with Crippen molar-refractivity contribution in [1.29, 1.82) is 0 Å². The third kappa shape index (κ3) is 3.16. The monoisotopic (exact) mass is 376 g/mol. The van der Waals surface area contributed by atoms with E-state index in [2.05, 4.69) is 15.3 Å². The van der Waals surface area contributed by atoms with Gasteiger partial charge in [-0.1, -0.05) is 0 Å². The molecule has 10 heteroatoms. The minimum Gasteiger partial charge on any atom is -0.369 e. The van der Waals surface area contributed by atoms with Crippen LogP contribution in [-0.4, -0.2) is 50.9 Å². The van der Waals surface area contributed by atoms with Gasteiger partial charge < -0.3 is 10.1 Å². The van der Waals surface area contributed by atoms with Gasteiger partial charge in [-0.2, -0.15) is 0 Å². The first kappa shape index (κ1) is 16.8. The molecule has 2 atom stereocenters. The van der Waals surface area contributed by atoms with E-state index >= 15 is 0 Å². The molecule has 0 aromatic carbocycles. The van der Waals surface area contributed by atoms with Crippen LogP contribution < -0.4 is 9.62 Å². The van der Waals surface area contributed by atoms with Crippen LogP contribution >= 0.6 is 22.9 Å². The molecule has 1 N–H and O–H groups in total. The Labute approximate surface area is 143 Å². The number of aromatic nitrogens is 2. The number of fused-ring (bicyclic) bond motifs is 1. The van der Waals surface area contributed by atoms with Crippen molar-refractivity contribution in [3.05, 3.63) is 16.4 Å². The Kier molecular flexibility index (Phi) is 4.49. The molecule has 0 radical (unpaired) electrons. The largest absolute Gasteiger partial charge is 0.369 e. The number of nitrogens with one attached hydrogen (secondary N) is 1. The summed E-state index contributed by atoms with van der Waals surface area (Å²) in [6, 6.07) is 0.0797. The molecule has 3 heterocycles. The van der Waals surface area contributed by atoms with E-state index in [0.717, 1.165) is 17.5 Å². The summed E-state index contributed by atoms with van der Waals surface area (Å²) in [7, 11) is -1.89. The summed E-state index contributed by atoms with van der Waals surface area (Å²) in [4.78, 5) is 8.58. The molecule has 1 aliphatic heterocycles. The zero-order valence-corrected chi connectivity index (χ0v) is 15.3. The van der Waals surface area contributed by atoms with E-state index in [1.165, 1.54) is 22.7 Å². The number of anilines is 1. The Balaban J connectivity index is 2.16. The summed E-state index contributed by atoms with van der Waals surface area (Å²) < 4.78 is 31.5. The molecule has 7 nitrogen and oxygen atoms in total. The van der Waals surface area contributed by atoms with Crippen molar-refractivity contribution in [2.75, 3.05) is 30.8 Å². The van der Waals surface area contributed by atoms with E-state index in [9.17, 15) is 8.42 Å². The molecule has 126 valence electrons. The highest BCUT2D eigenvalue weighted by Crippen LogP contribution is 2.38. The number of nitrogens with zero attached hydrogens (tertiary/aromatic N) is 3. The Morgan fingerprint density at radius 1 is 1.48 bits per heavy atom. The zero-order valence-electron chi connectivity index (χ0n) is 12.9. The number of hydrogen-bond acceptors (Lipinski definition) is 7. The van der Waals surface area contributed by atoms with Crippen LogP contribution in [0.15, 0.2) is 5.38 Å². The molecule has 1 unspecified atom stereocenters. The predicted molar refractivity (Wildman–Crippen MR) is 91.8 cm³/mol. The van der Waals surface area contributed by atoms with Gasteiger partial charge in [-0.3, -0.25) is 4.31 Å². The predicted octanol–water partition coefficient (Wildman–Crippen LogP) is 1.79. The van der Waals surface area contributed by atoms with Crippen molar-refractivity contribution in [2.24, 2.45) is 0 Å². The maximum Gasteiger partial charge on any atom is 0.232 e. The van der Waals surface area contributed by atoms with Crippen LogP contribution in [0.2, 0.25) is 5.28 Å². The second-order valence-electron chi connectivity index (χ2n) is 5.44. The van der Waals surface area contributed by atoms with Crippen LogP contribution in [0, 0.1) is 0 Å². The van der Waals surface area contributed by atoms with E-state index in [-0.39, 0.29) is 17.4 Å². The van der Waals surface area contributed by atoms with Crippen molar-refractivity contribution >= 4 is 48.9 Å². The molecule has 0 saturated carbocycles. The Hall–Kier alpha value is -1.00. The van der Waals surface area contributed by atoms with E-state index in [4.69, 9.17) is 16.3 Å². The fourth-order valence-electron chi connectivity index (χ4n) is 2.53. The minimum absolute atomic E-state index is 0.0791. The van der Waals surface area contributed by atoms with Gasteiger partial charge in [0.05, 0.1) is 28.9 Å². The molecule has 1 aliphatic rings. The number of morpholine rings is 1. The van der Waals surface area contributed by atoms with Gasteiger partial charge in [-0.15, -0.1) is 11.3 Å². The van der Waals surface area contributed by atoms with Crippen LogP contribution in [0.5, 0.6) is 0 Å². The number of hydrogen-bond donors (Lipinski definition) is 1. The SMILES string of the molecule is CC1NCCO[C@H]1c1nc(Cl)nc2c(N(C)S(C)(=O)=O)csc12. The second-order valence-corrected chi connectivity index (χ2v) is 8.67. The molecule has 3 rings (SSSR count). The fraction of sp³-hybridized carbons (Fsp3) is 0.538. The first-order valence-electron chi connectivity index (χ1n) is 7.02. The lowest BCUT2D eigenvalue weighted by atomic mass is 10.1. The molecule has 0 amide bonds. The highest BCUT2D eigenvalue weighted by Gasteiger charge is 2.29. The molecular formula is C13H17ClN4O3S2. The molecule has 0 aliphatic carbocycles. The van der Waals surface area contributed by atoms with Gasteiger partial charge in [0.25, 0.3) is 0 Å². The summed E-state index contributed by atoms with van der Waals surface area (Å²) in [5.74, 6) is 0. The molecule has 1 saturated heterocycles. The standard InChI is InChI=1S/C13H17ClN4O3S2/c1-7-11(21-5-4-15-7)10-12-9(16-13(14)17-10)8(6-22-12)18(2)23(3,19)20/h6-7,11,15H,4-5H2,1-3H3/t7?,11-/m1/s1. The van der Waals surface area contributed by atoms with E-state index in [0.29, 0.717) is 23.5 Å². The highest BCUT2D eigenvalue weighted by atomic mass is 35.5. The van der Waals surface area contributed by atoms with Gasteiger partial charge >= 0.3 is 0 Å². The van der Waals surface area contributed by atoms with Gasteiger partial charge in [0.15, 0.2) is 0 Å². The minimum atomic E-state index is -3.39. The van der Waals surface area contributed by atoms with Crippen LogP contribution in [0.1, 0.15) is 18.7 Å². The normalized spacial score (nSPS) is 22.4. The fourth-order valence-corrected chi connectivity index (χ4v) is 4.32.